The molecule has 7 heteroatoms. The van der Waals surface area contributed by atoms with Gasteiger partial charge in [-0.1, -0.05) is 0 Å². The zero-order chi connectivity index (χ0) is 12.3. The molecule has 0 bridgehead atoms. The maximum Gasteiger partial charge on any atom is 0.327 e. The number of carboxylic acids is 1. The first-order valence-electron chi connectivity index (χ1n) is 5.26. The van der Waals surface area contributed by atoms with Crippen molar-refractivity contribution in [2.75, 3.05) is 31.3 Å². The number of amides is 1. The standard InChI is InChI=1S/C10H13NO5S/c12-9(8-5-15-2-3-16-8)11-1-4-17-6-7(11)10(13)14/h5,7H,1-4,6H2,(H,13,14). The topological polar surface area (TPSA) is 76.1 Å². The number of ether oxygens (including phenoxy) is 2. The van der Waals surface area contributed by atoms with E-state index in [1.807, 2.05) is 0 Å². The summed E-state index contributed by atoms with van der Waals surface area (Å²) in [5.74, 6) is -0.145. The molecule has 1 N–H and O–H groups in total. The minimum absolute atomic E-state index is 0.0920. The van der Waals surface area contributed by atoms with Crippen molar-refractivity contribution in [3.63, 3.8) is 0 Å². The van der Waals surface area contributed by atoms with E-state index in [2.05, 4.69) is 0 Å². The van der Waals surface area contributed by atoms with E-state index < -0.39 is 17.9 Å². The van der Waals surface area contributed by atoms with Gasteiger partial charge in [0.25, 0.3) is 5.91 Å². The summed E-state index contributed by atoms with van der Waals surface area (Å²) >= 11 is 1.53. The maximum atomic E-state index is 12.0. The Morgan fingerprint density at radius 3 is 2.94 bits per heavy atom. The van der Waals surface area contributed by atoms with Crippen molar-refractivity contribution < 1.29 is 24.2 Å². The van der Waals surface area contributed by atoms with Crippen LogP contribution in [-0.4, -0.2) is 59.2 Å². The van der Waals surface area contributed by atoms with Gasteiger partial charge in [0, 0.05) is 18.1 Å². The van der Waals surface area contributed by atoms with E-state index >= 15 is 0 Å². The molecular weight excluding hydrogens is 246 g/mol. The van der Waals surface area contributed by atoms with E-state index in [1.54, 1.807) is 0 Å². The zero-order valence-corrected chi connectivity index (χ0v) is 9.94. The van der Waals surface area contributed by atoms with Crippen molar-refractivity contribution in [1.82, 2.24) is 4.90 Å². The summed E-state index contributed by atoms with van der Waals surface area (Å²) in [5.41, 5.74) is 0. The SMILES string of the molecule is O=C(O)C1CSCCN1C(=O)C1=COCCO1. The molecule has 2 rings (SSSR count). The Morgan fingerprint density at radius 2 is 2.29 bits per heavy atom. The van der Waals surface area contributed by atoms with Gasteiger partial charge in [0.1, 0.15) is 25.5 Å². The minimum atomic E-state index is -0.983. The number of rotatable bonds is 2. The normalized spacial score (nSPS) is 24.4. The van der Waals surface area contributed by atoms with Crippen molar-refractivity contribution in [2.24, 2.45) is 0 Å². The molecule has 0 radical (unpaired) electrons. The second-order valence-corrected chi connectivity index (χ2v) is 4.78. The van der Waals surface area contributed by atoms with E-state index in [9.17, 15) is 9.59 Å². The van der Waals surface area contributed by atoms with Crippen LogP contribution in [0.5, 0.6) is 0 Å². The average Bonchev–Trinajstić information content (AvgIpc) is 2.39. The van der Waals surface area contributed by atoms with Crippen LogP contribution in [0, 0.1) is 0 Å². The summed E-state index contributed by atoms with van der Waals surface area (Å²) in [5, 5.41) is 9.06. The molecule has 2 aliphatic rings. The monoisotopic (exact) mass is 259 g/mol. The van der Waals surface area contributed by atoms with E-state index in [1.165, 1.54) is 22.9 Å². The largest absolute Gasteiger partial charge is 0.494 e. The van der Waals surface area contributed by atoms with Crippen LogP contribution in [0.1, 0.15) is 0 Å². The van der Waals surface area contributed by atoms with Gasteiger partial charge >= 0.3 is 5.97 Å². The number of aliphatic carboxylic acids is 1. The molecular formula is C10H13NO5S. The Bertz CT molecular complexity index is 357. The van der Waals surface area contributed by atoms with E-state index in [4.69, 9.17) is 14.6 Å². The number of nitrogens with zero attached hydrogens (tertiary/aromatic N) is 1. The number of hydrogen-bond donors (Lipinski definition) is 1. The van der Waals surface area contributed by atoms with Gasteiger partial charge in [0.15, 0.2) is 0 Å². The van der Waals surface area contributed by atoms with Gasteiger partial charge in [-0.2, -0.15) is 11.8 Å². The number of thioether (sulfide) groups is 1. The molecule has 1 atom stereocenters. The lowest BCUT2D eigenvalue weighted by Gasteiger charge is -2.33. The molecule has 0 aromatic heterocycles. The Kier molecular flexibility index (Phi) is 3.78. The Labute approximate surface area is 103 Å². The van der Waals surface area contributed by atoms with Gasteiger partial charge in [-0.05, 0) is 0 Å². The van der Waals surface area contributed by atoms with Crippen LogP contribution in [0.2, 0.25) is 0 Å². The molecule has 1 fully saturated rings. The van der Waals surface area contributed by atoms with E-state index in [0.29, 0.717) is 25.5 Å². The molecule has 6 nitrogen and oxygen atoms in total. The van der Waals surface area contributed by atoms with Crippen LogP contribution < -0.4 is 0 Å². The summed E-state index contributed by atoms with van der Waals surface area (Å²) in [7, 11) is 0. The van der Waals surface area contributed by atoms with E-state index in [-0.39, 0.29) is 5.76 Å². The molecule has 17 heavy (non-hydrogen) atoms. The Hall–Kier alpha value is -1.37. The fourth-order valence-electron chi connectivity index (χ4n) is 1.67. The molecule has 0 spiro atoms. The highest BCUT2D eigenvalue weighted by Crippen LogP contribution is 2.20. The van der Waals surface area contributed by atoms with E-state index in [0.717, 1.165) is 5.75 Å². The molecule has 2 aliphatic heterocycles. The van der Waals surface area contributed by atoms with Crippen LogP contribution >= 0.6 is 11.8 Å². The van der Waals surface area contributed by atoms with Crippen molar-refractivity contribution >= 4 is 23.6 Å². The van der Waals surface area contributed by atoms with Crippen LogP contribution in [0.15, 0.2) is 12.0 Å². The van der Waals surface area contributed by atoms with Crippen LogP contribution in [0.25, 0.3) is 0 Å². The number of hydrogen-bond acceptors (Lipinski definition) is 5. The van der Waals surface area contributed by atoms with Gasteiger partial charge < -0.3 is 19.5 Å². The van der Waals surface area contributed by atoms with Crippen molar-refractivity contribution in [3.05, 3.63) is 12.0 Å². The third kappa shape index (κ3) is 2.66. The highest BCUT2D eigenvalue weighted by Gasteiger charge is 2.35. The van der Waals surface area contributed by atoms with Crippen molar-refractivity contribution in [3.8, 4) is 0 Å². The summed E-state index contributed by atoms with van der Waals surface area (Å²) in [6, 6.07) is -0.785. The second kappa shape index (κ2) is 5.31. The Balaban J connectivity index is 2.10. The number of carboxylic acid groups (broad SMARTS) is 1. The van der Waals surface area contributed by atoms with Gasteiger partial charge in [-0.15, -0.1) is 0 Å². The quantitative estimate of drug-likeness (QED) is 0.746. The summed E-state index contributed by atoms with van der Waals surface area (Å²) < 4.78 is 10.2. The smallest absolute Gasteiger partial charge is 0.327 e. The first-order chi connectivity index (χ1) is 8.20. The predicted molar refractivity (Wildman–Crippen MR) is 60.4 cm³/mol. The number of carbonyl (C=O) groups excluding carboxylic acids is 1. The van der Waals surface area contributed by atoms with Gasteiger partial charge in [-0.25, -0.2) is 4.79 Å². The van der Waals surface area contributed by atoms with Gasteiger partial charge in [0.2, 0.25) is 5.76 Å². The zero-order valence-electron chi connectivity index (χ0n) is 9.13. The van der Waals surface area contributed by atoms with Crippen LogP contribution in [0.3, 0.4) is 0 Å². The van der Waals surface area contributed by atoms with Gasteiger partial charge in [0.05, 0.1) is 0 Å². The highest BCUT2D eigenvalue weighted by atomic mass is 32.2. The minimum Gasteiger partial charge on any atom is -0.494 e. The molecule has 1 unspecified atom stereocenters. The first kappa shape index (κ1) is 12.1. The Morgan fingerprint density at radius 1 is 1.47 bits per heavy atom. The average molecular weight is 259 g/mol. The molecule has 0 aromatic rings. The first-order valence-corrected chi connectivity index (χ1v) is 6.41. The second-order valence-electron chi connectivity index (χ2n) is 3.63. The molecule has 0 aliphatic carbocycles. The fourth-order valence-corrected chi connectivity index (χ4v) is 2.71. The molecule has 2 heterocycles. The third-order valence-electron chi connectivity index (χ3n) is 2.53. The predicted octanol–water partition coefficient (Wildman–Crippen LogP) is -0.0968. The molecule has 94 valence electrons. The van der Waals surface area contributed by atoms with Crippen molar-refractivity contribution in [2.45, 2.75) is 6.04 Å². The van der Waals surface area contributed by atoms with Crippen molar-refractivity contribution in [1.29, 1.82) is 0 Å². The highest BCUT2D eigenvalue weighted by molar-refractivity contribution is 7.99. The molecule has 1 amide bonds. The summed E-state index contributed by atoms with van der Waals surface area (Å²) in [4.78, 5) is 24.4. The number of carbonyl (C=O) groups is 2. The third-order valence-corrected chi connectivity index (χ3v) is 3.56. The van der Waals surface area contributed by atoms with Crippen LogP contribution in [0.4, 0.5) is 0 Å². The summed E-state index contributed by atoms with van der Waals surface area (Å²) in [6.45, 7) is 1.15. The lowest BCUT2D eigenvalue weighted by atomic mass is 10.2. The molecule has 0 saturated carbocycles. The summed E-state index contributed by atoms with van der Waals surface area (Å²) in [6.07, 6.45) is 1.26. The lowest BCUT2D eigenvalue weighted by molar-refractivity contribution is -0.149. The van der Waals surface area contributed by atoms with Crippen LogP contribution in [-0.2, 0) is 19.1 Å². The molecule has 1 saturated heterocycles. The molecule has 0 aromatic carbocycles. The van der Waals surface area contributed by atoms with Gasteiger partial charge in [-0.3, -0.25) is 4.79 Å². The fraction of sp³-hybridized carbons (Fsp3) is 0.600. The maximum absolute atomic E-state index is 12.0. The lowest BCUT2D eigenvalue weighted by Crippen LogP contribution is -2.51.